The van der Waals surface area contributed by atoms with Gasteiger partial charge in [0.15, 0.2) is 0 Å². The molecule has 3 nitrogen and oxygen atoms in total. The Labute approximate surface area is 118 Å². The molecule has 1 amide bonds. The highest BCUT2D eigenvalue weighted by Crippen LogP contribution is 2.36. The predicted molar refractivity (Wildman–Crippen MR) is 80.8 cm³/mol. The highest BCUT2D eigenvalue weighted by Gasteiger charge is 2.32. The zero-order chi connectivity index (χ0) is 14.8. The smallest absolute Gasteiger partial charge is 0.238 e. The van der Waals surface area contributed by atoms with Crippen molar-refractivity contribution >= 4 is 5.91 Å². The van der Waals surface area contributed by atoms with Gasteiger partial charge in [-0.3, -0.25) is 9.69 Å². The van der Waals surface area contributed by atoms with Crippen molar-refractivity contribution in [3.63, 3.8) is 0 Å². The fraction of sp³-hybridized carbons (Fsp3) is 0.812. The molecule has 0 fully saturated rings. The molecule has 0 aliphatic carbocycles. The SMILES string of the molecule is CCCN1CC(=O)NC(C(C)(C)C)=C(C(C)(C)C)C1. The number of nitrogens with one attached hydrogen (secondary N) is 1. The van der Waals surface area contributed by atoms with E-state index in [0.717, 1.165) is 25.2 Å². The van der Waals surface area contributed by atoms with Crippen LogP contribution in [0.25, 0.3) is 0 Å². The lowest BCUT2D eigenvalue weighted by Crippen LogP contribution is -2.35. The van der Waals surface area contributed by atoms with Crippen LogP contribution in [0.4, 0.5) is 0 Å². The number of hydrogen-bond acceptors (Lipinski definition) is 2. The third-order valence-corrected chi connectivity index (χ3v) is 3.51. The molecule has 1 aliphatic rings. The van der Waals surface area contributed by atoms with Crippen LogP contribution in [0.5, 0.6) is 0 Å². The summed E-state index contributed by atoms with van der Waals surface area (Å²) >= 11 is 0. The number of amides is 1. The third kappa shape index (κ3) is 4.34. The minimum absolute atomic E-state index is 0.0273. The summed E-state index contributed by atoms with van der Waals surface area (Å²) in [6, 6.07) is 0. The first kappa shape index (κ1) is 16.2. The minimum Gasteiger partial charge on any atom is -0.328 e. The van der Waals surface area contributed by atoms with E-state index in [0.29, 0.717) is 6.54 Å². The first-order chi connectivity index (χ1) is 8.55. The van der Waals surface area contributed by atoms with Crippen LogP contribution in [0, 0.1) is 10.8 Å². The van der Waals surface area contributed by atoms with Gasteiger partial charge in [0.25, 0.3) is 0 Å². The number of carbonyl (C=O) groups excluding carboxylic acids is 1. The first-order valence-corrected chi connectivity index (χ1v) is 7.32. The lowest BCUT2D eigenvalue weighted by atomic mass is 9.78. The summed E-state index contributed by atoms with van der Waals surface area (Å²) < 4.78 is 0. The maximum absolute atomic E-state index is 12.1. The third-order valence-electron chi connectivity index (χ3n) is 3.51. The van der Waals surface area contributed by atoms with Gasteiger partial charge in [0, 0.05) is 17.7 Å². The Morgan fingerprint density at radius 1 is 1.05 bits per heavy atom. The van der Waals surface area contributed by atoms with Gasteiger partial charge >= 0.3 is 0 Å². The van der Waals surface area contributed by atoms with Crippen LogP contribution in [0.1, 0.15) is 54.9 Å². The van der Waals surface area contributed by atoms with Crippen molar-refractivity contribution in [2.75, 3.05) is 19.6 Å². The molecule has 19 heavy (non-hydrogen) atoms. The summed E-state index contributed by atoms with van der Waals surface area (Å²) in [5.41, 5.74) is 2.52. The van der Waals surface area contributed by atoms with Crippen molar-refractivity contribution in [3.8, 4) is 0 Å². The van der Waals surface area contributed by atoms with E-state index in [4.69, 9.17) is 0 Å². The van der Waals surface area contributed by atoms with E-state index < -0.39 is 0 Å². The topological polar surface area (TPSA) is 32.3 Å². The van der Waals surface area contributed by atoms with Crippen molar-refractivity contribution in [2.45, 2.75) is 54.9 Å². The Morgan fingerprint density at radius 2 is 1.63 bits per heavy atom. The van der Waals surface area contributed by atoms with Crippen LogP contribution in [-0.2, 0) is 4.79 Å². The molecule has 0 saturated heterocycles. The summed E-state index contributed by atoms with van der Waals surface area (Å²) in [5, 5.41) is 3.16. The Kier molecular flexibility index (Phi) is 4.83. The Morgan fingerprint density at radius 3 is 2.05 bits per heavy atom. The largest absolute Gasteiger partial charge is 0.328 e. The normalized spacial score (nSPS) is 19.4. The van der Waals surface area contributed by atoms with E-state index in [1.165, 1.54) is 5.57 Å². The van der Waals surface area contributed by atoms with Crippen LogP contribution in [-0.4, -0.2) is 30.4 Å². The van der Waals surface area contributed by atoms with Crippen LogP contribution < -0.4 is 5.32 Å². The van der Waals surface area contributed by atoms with Crippen molar-refractivity contribution in [1.82, 2.24) is 10.2 Å². The molecule has 1 rings (SSSR count). The van der Waals surface area contributed by atoms with Gasteiger partial charge in [-0.15, -0.1) is 0 Å². The fourth-order valence-corrected chi connectivity index (χ4v) is 2.54. The van der Waals surface area contributed by atoms with Gasteiger partial charge in [-0.05, 0) is 24.0 Å². The molecule has 0 aromatic heterocycles. The van der Waals surface area contributed by atoms with E-state index >= 15 is 0 Å². The Hall–Kier alpha value is -0.830. The molecule has 0 saturated carbocycles. The minimum atomic E-state index is -0.0273. The highest BCUT2D eigenvalue weighted by atomic mass is 16.2. The molecule has 1 aliphatic heterocycles. The highest BCUT2D eigenvalue weighted by molar-refractivity contribution is 5.80. The lowest BCUT2D eigenvalue weighted by molar-refractivity contribution is -0.121. The van der Waals surface area contributed by atoms with Crippen molar-refractivity contribution < 1.29 is 4.79 Å². The summed E-state index contributed by atoms with van der Waals surface area (Å²) in [6.45, 7) is 17.7. The van der Waals surface area contributed by atoms with E-state index in [9.17, 15) is 4.79 Å². The van der Waals surface area contributed by atoms with Gasteiger partial charge in [-0.25, -0.2) is 0 Å². The second kappa shape index (κ2) is 5.66. The fourth-order valence-electron chi connectivity index (χ4n) is 2.54. The molecular formula is C16H30N2O. The van der Waals surface area contributed by atoms with Crippen molar-refractivity contribution in [2.24, 2.45) is 10.8 Å². The second-order valence-electron chi connectivity index (χ2n) is 7.61. The zero-order valence-electron chi connectivity index (χ0n) is 13.7. The van der Waals surface area contributed by atoms with Gasteiger partial charge in [0.1, 0.15) is 0 Å². The first-order valence-electron chi connectivity index (χ1n) is 7.32. The van der Waals surface area contributed by atoms with Gasteiger partial charge in [-0.2, -0.15) is 0 Å². The lowest BCUT2D eigenvalue weighted by Gasteiger charge is -2.33. The standard InChI is InChI=1S/C16H30N2O/c1-8-9-18-10-12(15(2,3)4)14(16(5,6)7)17-13(19)11-18/h8-11H2,1-7H3,(H,17,19). The van der Waals surface area contributed by atoms with Crippen LogP contribution in [0.2, 0.25) is 0 Å². The van der Waals surface area contributed by atoms with Crippen molar-refractivity contribution in [3.05, 3.63) is 11.3 Å². The maximum Gasteiger partial charge on any atom is 0.238 e. The van der Waals surface area contributed by atoms with E-state index in [1.807, 2.05) is 0 Å². The average molecular weight is 266 g/mol. The van der Waals surface area contributed by atoms with E-state index in [-0.39, 0.29) is 16.7 Å². The van der Waals surface area contributed by atoms with E-state index in [2.05, 4.69) is 58.7 Å². The van der Waals surface area contributed by atoms with Crippen molar-refractivity contribution in [1.29, 1.82) is 0 Å². The molecule has 1 N–H and O–H groups in total. The van der Waals surface area contributed by atoms with Crippen LogP contribution in [0.3, 0.4) is 0 Å². The van der Waals surface area contributed by atoms with Gasteiger partial charge < -0.3 is 5.32 Å². The maximum atomic E-state index is 12.1. The Bertz CT molecular complexity index is 369. The number of allylic oxidation sites excluding steroid dienone is 1. The summed E-state index contributed by atoms with van der Waals surface area (Å²) in [7, 11) is 0. The van der Waals surface area contributed by atoms with Crippen LogP contribution in [0.15, 0.2) is 11.3 Å². The van der Waals surface area contributed by atoms with Crippen LogP contribution >= 0.6 is 0 Å². The second-order valence-corrected chi connectivity index (χ2v) is 7.61. The molecule has 0 unspecified atom stereocenters. The molecule has 0 atom stereocenters. The predicted octanol–water partition coefficient (Wildman–Crippen LogP) is 3.17. The number of nitrogens with zero attached hydrogens (tertiary/aromatic N) is 1. The molecular weight excluding hydrogens is 236 g/mol. The zero-order valence-corrected chi connectivity index (χ0v) is 13.7. The molecule has 1 heterocycles. The number of rotatable bonds is 2. The molecule has 110 valence electrons. The van der Waals surface area contributed by atoms with E-state index in [1.54, 1.807) is 0 Å². The molecule has 0 spiro atoms. The Balaban J connectivity index is 3.24. The number of carbonyl (C=O) groups is 1. The van der Waals surface area contributed by atoms with Gasteiger partial charge in [0.2, 0.25) is 5.91 Å². The molecule has 0 aromatic rings. The number of hydrogen-bond donors (Lipinski definition) is 1. The summed E-state index contributed by atoms with van der Waals surface area (Å²) in [6.07, 6.45) is 1.08. The molecule has 0 aromatic carbocycles. The molecule has 3 heteroatoms. The molecule has 0 bridgehead atoms. The molecule has 0 radical (unpaired) electrons. The average Bonchev–Trinajstić information content (AvgIpc) is 2.36. The summed E-state index contributed by atoms with van der Waals surface area (Å²) in [4.78, 5) is 14.4. The summed E-state index contributed by atoms with van der Waals surface area (Å²) in [5.74, 6) is 0.123. The van der Waals surface area contributed by atoms with Gasteiger partial charge in [0.05, 0.1) is 6.54 Å². The van der Waals surface area contributed by atoms with Gasteiger partial charge in [-0.1, -0.05) is 48.5 Å². The quantitative estimate of drug-likeness (QED) is 0.832. The monoisotopic (exact) mass is 266 g/mol.